The predicted molar refractivity (Wildman–Crippen MR) is 72.8 cm³/mol. The maximum Gasteiger partial charge on any atom is 0.0897 e. The van der Waals surface area contributed by atoms with E-state index in [4.69, 9.17) is 9.47 Å². The van der Waals surface area contributed by atoms with E-state index in [1.165, 1.54) is 19.3 Å². The molecule has 4 nitrogen and oxygen atoms in total. The zero-order valence-corrected chi connectivity index (χ0v) is 11.7. The van der Waals surface area contributed by atoms with E-state index in [9.17, 15) is 5.11 Å². The maximum atomic E-state index is 9.76. The fraction of sp³-hybridized carbons (Fsp3) is 1.00. The molecule has 0 aromatic rings. The van der Waals surface area contributed by atoms with Gasteiger partial charge in [-0.2, -0.15) is 0 Å². The van der Waals surface area contributed by atoms with Crippen LogP contribution in [0.4, 0.5) is 0 Å². The van der Waals surface area contributed by atoms with Gasteiger partial charge in [0.2, 0.25) is 0 Å². The highest BCUT2D eigenvalue weighted by Gasteiger charge is 2.14. The Morgan fingerprint density at radius 2 is 2.06 bits per heavy atom. The van der Waals surface area contributed by atoms with E-state index in [2.05, 4.69) is 12.2 Å². The van der Waals surface area contributed by atoms with Crippen LogP contribution in [0.5, 0.6) is 0 Å². The summed E-state index contributed by atoms with van der Waals surface area (Å²) in [6.45, 7) is 5.71. The van der Waals surface area contributed by atoms with Crippen molar-refractivity contribution in [1.29, 1.82) is 0 Å². The smallest absolute Gasteiger partial charge is 0.0897 e. The lowest BCUT2D eigenvalue weighted by atomic mass is 10.1. The van der Waals surface area contributed by atoms with Gasteiger partial charge in [0.15, 0.2) is 0 Å². The van der Waals surface area contributed by atoms with Crippen LogP contribution >= 0.6 is 0 Å². The third-order valence-electron chi connectivity index (χ3n) is 3.32. The molecule has 1 atom stereocenters. The molecule has 1 saturated heterocycles. The Bertz CT molecular complexity index is 184. The van der Waals surface area contributed by atoms with Crippen LogP contribution in [0.1, 0.15) is 45.4 Å². The average Bonchev–Trinajstić information content (AvgIpc) is 2.41. The lowest BCUT2D eigenvalue weighted by Crippen LogP contribution is -2.40. The van der Waals surface area contributed by atoms with Gasteiger partial charge in [-0.15, -0.1) is 0 Å². The molecule has 0 aromatic heterocycles. The molecule has 2 N–H and O–H groups in total. The van der Waals surface area contributed by atoms with Crippen molar-refractivity contribution in [2.45, 2.75) is 57.6 Å². The lowest BCUT2D eigenvalue weighted by Gasteiger charge is -2.24. The molecule has 0 radical (unpaired) electrons. The Labute approximate surface area is 111 Å². The number of ether oxygens (including phenoxy) is 2. The summed E-state index contributed by atoms with van der Waals surface area (Å²) >= 11 is 0. The minimum absolute atomic E-state index is 0.390. The van der Waals surface area contributed by atoms with Gasteiger partial charge in [-0.3, -0.25) is 0 Å². The van der Waals surface area contributed by atoms with Crippen LogP contribution in [0.25, 0.3) is 0 Å². The number of rotatable bonds is 10. The third-order valence-corrected chi connectivity index (χ3v) is 3.32. The molecule has 1 rings (SSSR count). The largest absolute Gasteiger partial charge is 0.389 e. The second-order valence-electron chi connectivity index (χ2n) is 5.08. The molecule has 1 aliphatic heterocycles. The first-order valence-corrected chi connectivity index (χ1v) is 7.40. The Hall–Kier alpha value is -0.160. The van der Waals surface area contributed by atoms with Gasteiger partial charge in [0.25, 0.3) is 0 Å². The van der Waals surface area contributed by atoms with E-state index >= 15 is 0 Å². The first-order valence-electron chi connectivity index (χ1n) is 7.40. The van der Waals surface area contributed by atoms with E-state index in [0.717, 1.165) is 39.1 Å². The summed E-state index contributed by atoms with van der Waals surface area (Å²) in [4.78, 5) is 0. The second kappa shape index (κ2) is 10.7. The molecule has 1 unspecified atom stereocenters. The summed E-state index contributed by atoms with van der Waals surface area (Å²) in [5.74, 6) is 0. The number of aliphatic hydroxyl groups excluding tert-OH is 1. The highest BCUT2D eigenvalue weighted by atomic mass is 16.5. The second-order valence-corrected chi connectivity index (χ2v) is 5.08. The Morgan fingerprint density at radius 1 is 1.28 bits per heavy atom. The van der Waals surface area contributed by atoms with Crippen LogP contribution in [0.15, 0.2) is 0 Å². The predicted octanol–water partition coefficient (Wildman–Crippen LogP) is 1.71. The molecule has 0 amide bonds. The molecule has 1 heterocycles. The number of hydrogen-bond acceptors (Lipinski definition) is 4. The summed E-state index contributed by atoms with van der Waals surface area (Å²) in [6, 6.07) is 0.498. The SMILES string of the molecule is CCCCCCOCC(O)CNC1CCOCC1. The maximum absolute atomic E-state index is 9.76. The summed E-state index contributed by atoms with van der Waals surface area (Å²) in [7, 11) is 0. The van der Waals surface area contributed by atoms with Gasteiger partial charge in [0, 0.05) is 32.4 Å². The fourth-order valence-corrected chi connectivity index (χ4v) is 2.11. The summed E-state index contributed by atoms with van der Waals surface area (Å²) in [6.07, 6.45) is 6.56. The van der Waals surface area contributed by atoms with Gasteiger partial charge in [-0.05, 0) is 19.3 Å². The van der Waals surface area contributed by atoms with Crippen LogP contribution in [-0.2, 0) is 9.47 Å². The fourth-order valence-electron chi connectivity index (χ4n) is 2.11. The summed E-state index contributed by atoms with van der Waals surface area (Å²) < 4.78 is 10.8. The lowest BCUT2D eigenvalue weighted by molar-refractivity contribution is 0.0285. The van der Waals surface area contributed by atoms with Crippen molar-refractivity contribution >= 4 is 0 Å². The van der Waals surface area contributed by atoms with Gasteiger partial charge >= 0.3 is 0 Å². The van der Waals surface area contributed by atoms with E-state index in [1.807, 2.05) is 0 Å². The Balaban J connectivity index is 1.88. The molecule has 4 heteroatoms. The van der Waals surface area contributed by atoms with Crippen molar-refractivity contribution < 1.29 is 14.6 Å². The third kappa shape index (κ3) is 8.03. The van der Waals surface area contributed by atoms with Gasteiger partial charge in [0.1, 0.15) is 0 Å². The van der Waals surface area contributed by atoms with Gasteiger partial charge < -0.3 is 19.9 Å². The quantitative estimate of drug-likeness (QED) is 0.587. The van der Waals surface area contributed by atoms with E-state index in [-0.39, 0.29) is 6.10 Å². The highest BCUT2D eigenvalue weighted by Crippen LogP contribution is 2.06. The van der Waals surface area contributed by atoms with E-state index in [1.54, 1.807) is 0 Å². The van der Waals surface area contributed by atoms with Crippen LogP contribution < -0.4 is 5.32 Å². The van der Waals surface area contributed by atoms with Crippen LogP contribution in [0.3, 0.4) is 0 Å². The van der Waals surface area contributed by atoms with Crippen molar-refractivity contribution in [3.05, 3.63) is 0 Å². The van der Waals surface area contributed by atoms with Crippen LogP contribution in [0, 0.1) is 0 Å². The van der Waals surface area contributed by atoms with Crippen LogP contribution in [0.2, 0.25) is 0 Å². The standard InChI is InChI=1S/C14H29NO3/c1-2-3-4-5-8-18-12-14(16)11-15-13-6-9-17-10-7-13/h13-16H,2-12H2,1H3. The zero-order valence-electron chi connectivity index (χ0n) is 11.7. The van der Waals surface area contributed by atoms with Crippen molar-refractivity contribution in [2.75, 3.05) is 33.0 Å². The molecular formula is C14H29NO3. The minimum atomic E-state index is -0.390. The molecule has 0 saturated carbocycles. The highest BCUT2D eigenvalue weighted by molar-refractivity contribution is 4.71. The van der Waals surface area contributed by atoms with Crippen molar-refractivity contribution in [2.24, 2.45) is 0 Å². The Kier molecular flexibility index (Phi) is 9.48. The molecule has 0 aromatic carbocycles. The van der Waals surface area contributed by atoms with Crippen molar-refractivity contribution in [1.82, 2.24) is 5.32 Å². The van der Waals surface area contributed by atoms with Crippen LogP contribution in [-0.4, -0.2) is 50.2 Å². The number of hydrogen-bond donors (Lipinski definition) is 2. The summed E-state index contributed by atoms with van der Waals surface area (Å²) in [5.41, 5.74) is 0. The first-order chi connectivity index (χ1) is 8.83. The normalized spacial score (nSPS) is 19.0. The molecular weight excluding hydrogens is 230 g/mol. The van der Waals surface area contributed by atoms with E-state index < -0.39 is 0 Å². The van der Waals surface area contributed by atoms with Gasteiger partial charge in [-0.1, -0.05) is 26.2 Å². The average molecular weight is 259 g/mol. The molecule has 1 aliphatic rings. The number of aliphatic hydroxyl groups is 1. The van der Waals surface area contributed by atoms with Crippen molar-refractivity contribution in [3.63, 3.8) is 0 Å². The molecule has 0 bridgehead atoms. The molecule has 1 fully saturated rings. The number of nitrogens with one attached hydrogen (secondary N) is 1. The molecule has 0 aliphatic carbocycles. The zero-order chi connectivity index (χ0) is 13.1. The van der Waals surface area contributed by atoms with E-state index in [0.29, 0.717) is 19.2 Å². The molecule has 0 spiro atoms. The topological polar surface area (TPSA) is 50.7 Å². The monoisotopic (exact) mass is 259 g/mol. The molecule has 108 valence electrons. The molecule has 18 heavy (non-hydrogen) atoms. The van der Waals surface area contributed by atoms with Gasteiger partial charge in [-0.25, -0.2) is 0 Å². The van der Waals surface area contributed by atoms with Gasteiger partial charge in [0.05, 0.1) is 12.7 Å². The Morgan fingerprint density at radius 3 is 2.78 bits per heavy atom. The first kappa shape index (κ1) is 15.9. The number of unbranched alkanes of at least 4 members (excludes halogenated alkanes) is 3. The summed E-state index contributed by atoms with van der Waals surface area (Å²) in [5, 5.41) is 13.1. The van der Waals surface area contributed by atoms with Crippen molar-refractivity contribution in [3.8, 4) is 0 Å². The minimum Gasteiger partial charge on any atom is -0.389 e.